The van der Waals surface area contributed by atoms with E-state index in [1.165, 1.54) is 58.9 Å². The average molecular weight is 818 g/mol. The molecule has 13 rings (SSSR count). The van der Waals surface area contributed by atoms with Gasteiger partial charge in [-0.15, -0.1) is 11.3 Å². The van der Waals surface area contributed by atoms with Gasteiger partial charge in [0.1, 0.15) is 0 Å². The number of thiophene rings is 1. The summed E-state index contributed by atoms with van der Waals surface area (Å²) >= 11 is 1.79. The lowest BCUT2D eigenvalue weighted by Crippen LogP contribution is -2.02. The van der Waals surface area contributed by atoms with E-state index in [-0.39, 0.29) is 0 Å². The minimum atomic E-state index is 0.636. The highest BCUT2D eigenvalue weighted by Crippen LogP contribution is 2.44. The molecule has 0 fully saturated rings. The van der Waals surface area contributed by atoms with E-state index < -0.39 is 0 Å². The molecule has 13 aromatic rings. The van der Waals surface area contributed by atoms with Crippen LogP contribution in [0.1, 0.15) is 0 Å². The summed E-state index contributed by atoms with van der Waals surface area (Å²) in [5.74, 6) is 1.93. The molecule has 0 spiro atoms. The van der Waals surface area contributed by atoms with E-state index in [2.05, 4.69) is 212 Å². The minimum absolute atomic E-state index is 0.636. The van der Waals surface area contributed by atoms with Crippen LogP contribution in [0, 0.1) is 0 Å². The molecule has 2 heterocycles. The van der Waals surface area contributed by atoms with Gasteiger partial charge in [-0.05, 0) is 106 Å². The van der Waals surface area contributed by atoms with Crippen molar-refractivity contribution in [3.63, 3.8) is 0 Å². The molecule has 11 aromatic carbocycles. The molecule has 0 saturated heterocycles. The van der Waals surface area contributed by atoms with Crippen molar-refractivity contribution in [3.05, 3.63) is 212 Å². The molecule has 0 radical (unpaired) electrons. The number of nitrogens with zero attached hydrogens (tertiary/aromatic N) is 3. The summed E-state index contributed by atoms with van der Waals surface area (Å²) in [4.78, 5) is 16.5. The molecule has 292 valence electrons. The van der Waals surface area contributed by atoms with Crippen molar-refractivity contribution in [1.82, 2.24) is 15.0 Å². The van der Waals surface area contributed by atoms with Gasteiger partial charge >= 0.3 is 0 Å². The number of hydrogen-bond donors (Lipinski definition) is 0. The highest BCUT2D eigenvalue weighted by Gasteiger charge is 2.22. The SMILES string of the molecule is c1ccc2cc(-c3ccc4ccccc4c3-c3nc(-c4ccc(-c5cc6ccccc6c6ccccc56)c5ccccc45)nc(-c4cccc5c4sc4ccccc45)n3)ccc2c1. The normalized spacial score (nSPS) is 11.8. The first kappa shape index (κ1) is 35.7. The molecule has 3 nitrogen and oxygen atoms in total. The third-order valence-corrected chi connectivity index (χ3v) is 13.9. The van der Waals surface area contributed by atoms with Crippen LogP contribution in [0.25, 0.3) is 130 Å². The number of benzene rings is 11. The topological polar surface area (TPSA) is 38.7 Å². The minimum Gasteiger partial charge on any atom is -0.208 e. The van der Waals surface area contributed by atoms with Crippen LogP contribution < -0.4 is 0 Å². The molecule has 2 aromatic heterocycles. The summed E-state index contributed by atoms with van der Waals surface area (Å²) in [6.07, 6.45) is 0. The Morgan fingerprint density at radius 2 is 0.810 bits per heavy atom. The molecule has 0 aliphatic carbocycles. The van der Waals surface area contributed by atoms with E-state index in [0.29, 0.717) is 17.5 Å². The third-order valence-electron chi connectivity index (χ3n) is 12.7. The van der Waals surface area contributed by atoms with Crippen LogP contribution in [0.5, 0.6) is 0 Å². The molecule has 0 amide bonds. The molecule has 0 N–H and O–H groups in total. The molecule has 0 atom stereocenters. The third kappa shape index (κ3) is 5.76. The largest absolute Gasteiger partial charge is 0.208 e. The zero-order valence-electron chi connectivity index (χ0n) is 34.0. The van der Waals surface area contributed by atoms with Crippen LogP contribution in [0.2, 0.25) is 0 Å². The van der Waals surface area contributed by atoms with E-state index >= 15 is 0 Å². The second kappa shape index (κ2) is 14.3. The summed E-state index contributed by atoms with van der Waals surface area (Å²) in [5, 5.41) is 14.2. The molecule has 63 heavy (non-hydrogen) atoms. The van der Waals surface area contributed by atoms with E-state index in [9.17, 15) is 0 Å². The maximum Gasteiger partial charge on any atom is 0.165 e. The van der Waals surface area contributed by atoms with Crippen molar-refractivity contribution in [2.45, 2.75) is 0 Å². The smallest absolute Gasteiger partial charge is 0.165 e. The maximum absolute atomic E-state index is 5.55. The Hall–Kier alpha value is -8.05. The fourth-order valence-electron chi connectivity index (χ4n) is 9.77. The molecule has 0 aliphatic rings. The molecule has 0 unspecified atom stereocenters. The van der Waals surface area contributed by atoms with Gasteiger partial charge in [-0.2, -0.15) is 0 Å². The van der Waals surface area contributed by atoms with Crippen LogP contribution in [0.3, 0.4) is 0 Å². The van der Waals surface area contributed by atoms with E-state index in [0.717, 1.165) is 54.1 Å². The summed E-state index contributed by atoms with van der Waals surface area (Å²) < 4.78 is 2.41. The fraction of sp³-hybridized carbons (Fsp3) is 0. The highest BCUT2D eigenvalue weighted by molar-refractivity contribution is 7.26. The van der Waals surface area contributed by atoms with E-state index in [1.807, 2.05) is 0 Å². The molecule has 0 bridgehead atoms. The number of rotatable bonds is 5. The first-order valence-corrected chi connectivity index (χ1v) is 22.2. The standard InChI is InChI=1S/C59H35N3S/c1-2-16-38-34-40(29-28-36(38)14-1)43-31-30-37-15-3-6-19-42(37)55(43)59-61-57(60-58(62-59)52-26-13-25-50-49-24-11-12-27-54(49)63-56(50)52)51-33-32-48(45-21-8-9-22-46(45)51)53-35-39-17-4-5-18-41(39)44-20-7-10-23-47(44)53/h1-35H. The monoisotopic (exact) mass is 817 g/mol. The Balaban J connectivity index is 1.10. The van der Waals surface area contributed by atoms with Crippen LogP contribution in [0.4, 0.5) is 0 Å². The summed E-state index contributed by atoms with van der Waals surface area (Å²) in [7, 11) is 0. The first-order valence-electron chi connectivity index (χ1n) is 21.3. The average Bonchev–Trinajstić information content (AvgIpc) is 3.74. The van der Waals surface area contributed by atoms with Crippen molar-refractivity contribution < 1.29 is 0 Å². The zero-order valence-corrected chi connectivity index (χ0v) is 34.8. The number of hydrogen-bond acceptors (Lipinski definition) is 4. The lowest BCUT2D eigenvalue weighted by atomic mass is 9.89. The van der Waals surface area contributed by atoms with Crippen molar-refractivity contribution in [3.8, 4) is 56.4 Å². The Bertz CT molecular complexity index is 4000. The fourth-order valence-corrected chi connectivity index (χ4v) is 11.0. The van der Waals surface area contributed by atoms with Crippen molar-refractivity contribution in [2.24, 2.45) is 0 Å². The molecular weight excluding hydrogens is 783 g/mol. The second-order valence-corrected chi connectivity index (χ2v) is 17.3. The number of fused-ring (bicyclic) bond motifs is 9. The van der Waals surface area contributed by atoms with Gasteiger partial charge in [0.2, 0.25) is 0 Å². The van der Waals surface area contributed by atoms with Crippen LogP contribution in [-0.2, 0) is 0 Å². The lowest BCUT2D eigenvalue weighted by molar-refractivity contribution is 1.08. The Morgan fingerprint density at radius 3 is 1.62 bits per heavy atom. The molecule has 0 aliphatic heterocycles. The van der Waals surface area contributed by atoms with Crippen molar-refractivity contribution >= 4 is 85.4 Å². The molecule has 0 saturated carbocycles. The van der Waals surface area contributed by atoms with Gasteiger partial charge in [0.15, 0.2) is 17.5 Å². The summed E-state index contributed by atoms with van der Waals surface area (Å²) in [6, 6.07) is 76.4. The van der Waals surface area contributed by atoms with Gasteiger partial charge < -0.3 is 0 Å². The predicted octanol–water partition coefficient (Wildman–Crippen LogP) is 16.3. The van der Waals surface area contributed by atoms with Crippen molar-refractivity contribution in [2.75, 3.05) is 0 Å². The number of aromatic nitrogens is 3. The van der Waals surface area contributed by atoms with Gasteiger partial charge in [-0.3, -0.25) is 0 Å². The summed E-state index contributed by atoms with van der Waals surface area (Å²) in [6.45, 7) is 0. The van der Waals surface area contributed by atoms with Gasteiger partial charge in [-0.25, -0.2) is 15.0 Å². The van der Waals surface area contributed by atoms with Gasteiger partial charge in [0.25, 0.3) is 0 Å². The Labute approximate surface area is 367 Å². The van der Waals surface area contributed by atoms with Crippen molar-refractivity contribution in [1.29, 1.82) is 0 Å². The van der Waals surface area contributed by atoms with Crippen LogP contribution >= 0.6 is 11.3 Å². The highest BCUT2D eigenvalue weighted by atomic mass is 32.1. The van der Waals surface area contributed by atoms with E-state index in [1.54, 1.807) is 11.3 Å². The predicted molar refractivity (Wildman–Crippen MR) is 267 cm³/mol. The second-order valence-electron chi connectivity index (χ2n) is 16.3. The van der Waals surface area contributed by atoms with Crippen LogP contribution in [-0.4, -0.2) is 15.0 Å². The summed E-state index contributed by atoms with van der Waals surface area (Å²) in [5.41, 5.74) is 7.51. The van der Waals surface area contributed by atoms with Crippen LogP contribution in [0.15, 0.2) is 212 Å². The lowest BCUT2D eigenvalue weighted by Gasteiger charge is -2.17. The maximum atomic E-state index is 5.55. The van der Waals surface area contributed by atoms with E-state index in [4.69, 9.17) is 15.0 Å². The molecule has 4 heteroatoms. The van der Waals surface area contributed by atoms with Gasteiger partial charge in [0.05, 0.1) is 0 Å². The first-order chi connectivity index (χ1) is 31.2. The Morgan fingerprint density at radius 1 is 0.270 bits per heavy atom. The molecular formula is C59H35N3S. The van der Waals surface area contributed by atoms with Gasteiger partial charge in [0, 0.05) is 36.9 Å². The van der Waals surface area contributed by atoms with Gasteiger partial charge in [-0.1, -0.05) is 182 Å². The zero-order chi connectivity index (χ0) is 41.4. The Kier molecular flexibility index (Phi) is 8.08. The quantitative estimate of drug-likeness (QED) is 0.162.